The van der Waals surface area contributed by atoms with E-state index in [4.69, 9.17) is 19.7 Å². The number of amidine groups is 1. The van der Waals surface area contributed by atoms with Gasteiger partial charge in [0.1, 0.15) is 30.1 Å². The SMILES string of the molecule is COCCOc1ccc(N2CCN(CCN3C(=O)N(C(F)F)N4C5=C(c6ccco6)N=CN(N)C5=NC34)CC2)cc1. The number of carbonyl (C=O) groups excluding carboxylic acids is 1. The third-order valence-corrected chi connectivity index (χ3v) is 7.36. The van der Waals surface area contributed by atoms with Gasteiger partial charge in [0.15, 0.2) is 11.6 Å². The zero-order valence-electron chi connectivity index (χ0n) is 22.5. The lowest BCUT2D eigenvalue weighted by molar-refractivity contribution is -0.0929. The summed E-state index contributed by atoms with van der Waals surface area (Å²) in [6, 6.07) is 10.4. The third-order valence-electron chi connectivity index (χ3n) is 7.36. The minimum Gasteiger partial charge on any atom is -0.491 e. The summed E-state index contributed by atoms with van der Waals surface area (Å²) in [6.07, 6.45) is 1.78. The van der Waals surface area contributed by atoms with Crippen molar-refractivity contribution < 1.29 is 27.5 Å². The van der Waals surface area contributed by atoms with E-state index in [1.807, 2.05) is 24.3 Å². The summed E-state index contributed by atoms with van der Waals surface area (Å²) in [5.41, 5.74) is 1.55. The maximum absolute atomic E-state index is 14.3. The van der Waals surface area contributed by atoms with Gasteiger partial charge in [0.2, 0.25) is 6.29 Å². The lowest BCUT2D eigenvalue weighted by Crippen LogP contribution is -2.49. The summed E-state index contributed by atoms with van der Waals surface area (Å²) in [7, 11) is 1.64. The number of nitrogens with two attached hydrogens (primary N) is 1. The van der Waals surface area contributed by atoms with Gasteiger partial charge in [-0.1, -0.05) is 0 Å². The van der Waals surface area contributed by atoms with E-state index in [-0.39, 0.29) is 23.8 Å². The number of amides is 2. The number of hydrogen-bond donors (Lipinski definition) is 1. The van der Waals surface area contributed by atoms with Crippen molar-refractivity contribution in [2.75, 3.05) is 64.5 Å². The molecule has 0 spiro atoms. The van der Waals surface area contributed by atoms with Gasteiger partial charge in [0, 0.05) is 52.1 Å². The van der Waals surface area contributed by atoms with Crippen LogP contribution in [0.15, 0.2) is 62.8 Å². The molecule has 1 atom stereocenters. The van der Waals surface area contributed by atoms with Crippen molar-refractivity contribution in [3.63, 3.8) is 0 Å². The minimum absolute atomic E-state index is 0.190. The Morgan fingerprint density at radius 3 is 2.56 bits per heavy atom. The molecule has 0 saturated carbocycles. The number of fused-ring (bicyclic) bond motifs is 3. The van der Waals surface area contributed by atoms with Gasteiger partial charge in [-0.3, -0.25) is 9.80 Å². The van der Waals surface area contributed by atoms with Crippen molar-refractivity contribution in [2.45, 2.75) is 12.8 Å². The number of urea groups is 1. The van der Waals surface area contributed by atoms with Crippen LogP contribution in [0.2, 0.25) is 0 Å². The number of halogens is 2. The zero-order valence-corrected chi connectivity index (χ0v) is 22.5. The van der Waals surface area contributed by atoms with Crippen LogP contribution in [0, 0.1) is 0 Å². The van der Waals surface area contributed by atoms with Gasteiger partial charge >= 0.3 is 12.6 Å². The maximum Gasteiger partial charge on any atom is 0.347 e. The van der Waals surface area contributed by atoms with Gasteiger partial charge in [0.05, 0.1) is 12.9 Å². The number of rotatable bonds is 10. The zero-order chi connectivity index (χ0) is 28.5. The highest BCUT2D eigenvalue weighted by molar-refractivity contribution is 6.12. The number of carbonyl (C=O) groups is 1. The van der Waals surface area contributed by atoms with Crippen molar-refractivity contribution in [1.29, 1.82) is 0 Å². The van der Waals surface area contributed by atoms with Crippen LogP contribution in [0.5, 0.6) is 5.75 Å². The lowest BCUT2D eigenvalue weighted by Gasteiger charge is -2.36. The molecule has 4 aliphatic rings. The van der Waals surface area contributed by atoms with Gasteiger partial charge in [-0.25, -0.2) is 30.6 Å². The van der Waals surface area contributed by atoms with E-state index < -0.39 is 18.9 Å². The van der Waals surface area contributed by atoms with Crippen LogP contribution in [-0.2, 0) is 4.74 Å². The first-order chi connectivity index (χ1) is 20.0. The second kappa shape index (κ2) is 11.3. The van der Waals surface area contributed by atoms with Crippen LogP contribution in [0.4, 0.5) is 19.3 Å². The lowest BCUT2D eigenvalue weighted by atomic mass is 10.2. The molecule has 0 radical (unpaired) electrons. The van der Waals surface area contributed by atoms with Crippen molar-refractivity contribution in [2.24, 2.45) is 15.8 Å². The number of nitrogens with zero attached hydrogens (tertiary/aromatic N) is 8. The van der Waals surface area contributed by atoms with Crippen LogP contribution in [-0.4, -0.2) is 115 Å². The Morgan fingerprint density at radius 1 is 1.10 bits per heavy atom. The van der Waals surface area contributed by atoms with Crippen LogP contribution in [0.3, 0.4) is 0 Å². The average molecular weight is 572 g/mol. The van der Waals surface area contributed by atoms with Gasteiger partial charge in [0.25, 0.3) is 0 Å². The summed E-state index contributed by atoms with van der Waals surface area (Å²) >= 11 is 0. The van der Waals surface area contributed by atoms with Crippen LogP contribution in [0.25, 0.3) is 5.70 Å². The minimum atomic E-state index is -3.09. The number of ether oxygens (including phenoxy) is 2. The highest BCUT2D eigenvalue weighted by Gasteiger charge is 2.55. The predicted molar refractivity (Wildman–Crippen MR) is 146 cm³/mol. The molecular formula is C26H31F2N9O4. The second-order valence-electron chi connectivity index (χ2n) is 9.73. The number of hydrazine groups is 2. The Labute approximate surface area is 235 Å². The monoisotopic (exact) mass is 571 g/mol. The van der Waals surface area contributed by atoms with Gasteiger partial charge < -0.3 is 18.8 Å². The summed E-state index contributed by atoms with van der Waals surface area (Å²) in [6.45, 7) is 1.75. The van der Waals surface area contributed by atoms with Crippen molar-refractivity contribution in [1.82, 2.24) is 24.8 Å². The van der Waals surface area contributed by atoms with Crippen LogP contribution >= 0.6 is 0 Å². The van der Waals surface area contributed by atoms with E-state index in [9.17, 15) is 13.6 Å². The molecule has 6 rings (SSSR count). The molecule has 13 nitrogen and oxygen atoms in total. The predicted octanol–water partition coefficient (Wildman–Crippen LogP) is 1.89. The summed E-state index contributed by atoms with van der Waals surface area (Å²) in [5, 5.41) is 2.73. The molecular weight excluding hydrogens is 540 g/mol. The molecule has 0 aliphatic carbocycles. The number of hydrogen-bond acceptors (Lipinski definition) is 11. The molecule has 1 aromatic carbocycles. The van der Waals surface area contributed by atoms with Gasteiger partial charge in [-0.05, 0) is 36.4 Å². The van der Waals surface area contributed by atoms with E-state index in [0.29, 0.717) is 30.5 Å². The fourth-order valence-corrected chi connectivity index (χ4v) is 5.28. The quantitative estimate of drug-likeness (QED) is 0.259. The number of anilines is 1. The average Bonchev–Trinajstić information content (AvgIpc) is 3.70. The van der Waals surface area contributed by atoms with E-state index >= 15 is 0 Å². The fraction of sp³-hybridized carbons (Fsp3) is 0.423. The Bertz CT molecular complexity index is 1330. The molecule has 2 fully saturated rings. The topological polar surface area (TPSA) is 119 Å². The molecule has 4 aliphatic heterocycles. The Hall–Kier alpha value is -4.21. The Kier molecular flexibility index (Phi) is 7.47. The van der Waals surface area contributed by atoms with Crippen molar-refractivity contribution in [3.05, 3.63) is 54.1 Å². The molecule has 1 aromatic heterocycles. The Balaban J connectivity index is 1.11. The number of methoxy groups -OCH3 is 1. The standard InChI is InChI=1S/C26H31F2N9O4/c1-39-15-16-40-19-6-4-18(5-7-19)33-11-8-32(9-12-33)10-13-34-25-31-23-22(36(25)37(24(27)28)26(34)38)21(30-17-35(23)29)20-3-2-14-41-20/h2-7,14,17,24-25H,8-13,15-16,29H2,1H3. The van der Waals surface area contributed by atoms with E-state index in [1.165, 1.54) is 17.5 Å². The molecule has 2 N–H and O–H groups in total. The number of piperazine rings is 1. The van der Waals surface area contributed by atoms with E-state index in [1.54, 1.807) is 19.2 Å². The Morgan fingerprint density at radius 2 is 1.88 bits per heavy atom. The molecule has 5 heterocycles. The number of furan rings is 1. The first-order valence-corrected chi connectivity index (χ1v) is 13.3. The highest BCUT2D eigenvalue weighted by Crippen LogP contribution is 2.40. The van der Waals surface area contributed by atoms with Crippen molar-refractivity contribution in [3.8, 4) is 5.75 Å². The molecule has 15 heteroatoms. The number of benzene rings is 1. The summed E-state index contributed by atoms with van der Waals surface area (Å²) in [5.74, 6) is 7.42. The van der Waals surface area contributed by atoms with Crippen molar-refractivity contribution >= 4 is 29.6 Å². The highest BCUT2D eigenvalue weighted by atomic mass is 19.3. The van der Waals surface area contributed by atoms with Gasteiger partial charge in [-0.2, -0.15) is 13.8 Å². The first kappa shape index (κ1) is 27.0. The van der Waals surface area contributed by atoms with Crippen LogP contribution < -0.4 is 15.5 Å². The van der Waals surface area contributed by atoms with Crippen LogP contribution in [0.1, 0.15) is 5.76 Å². The molecule has 2 amide bonds. The largest absolute Gasteiger partial charge is 0.491 e. The molecule has 0 bridgehead atoms. The molecule has 41 heavy (non-hydrogen) atoms. The third kappa shape index (κ3) is 5.07. The van der Waals surface area contributed by atoms with Gasteiger partial charge in [-0.15, -0.1) is 0 Å². The molecule has 1 unspecified atom stereocenters. The molecule has 2 aromatic rings. The molecule has 218 valence electrons. The van der Waals surface area contributed by atoms with E-state index in [2.05, 4.69) is 19.8 Å². The smallest absolute Gasteiger partial charge is 0.347 e. The van der Waals surface area contributed by atoms with E-state index in [0.717, 1.165) is 47.6 Å². The first-order valence-electron chi connectivity index (χ1n) is 13.3. The fourth-order valence-electron chi connectivity index (χ4n) is 5.28. The summed E-state index contributed by atoms with van der Waals surface area (Å²) < 4.78 is 44.6. The normalized spacial score (nSPS) is 20.9. The number of aliphatic imine (C=N–C) groups is 2. The molecule has 2 saturated heterocycles. The number of alkyl halides is 2. The second-order valence-corrected chi connectivity index (χ2v) is 9.73. The summed E-state index contributed by atoms with van der Waals surface area (Å²) in [4.78, 5) is 27.9. The maximum atomic E-state index is 14.3.